The van der Waals surface area contributed by atoms with E-state index < -0.39 is 0 Å². The van der Waals surface area contributed by atoms with Gasteiger partial charge in [0.25, 0.3) is 0 Å². The van der Waals surface area contributed by atoms with Gasteiger partial charge in [0.15, 0.2) is 16.1 Å². The van der Waals surface area contributed by atoms with Gasteiger partial charge in [-0.05, 0) is 42.0 Å². The molecule has 180 valence electrons. The van der Waals surface area contributed by atoms with E-state index in [4.69, 9.17) is 11.6 Å². The first-order chi connectivity index (χ1) is 17.5. The maximum atomic E-state index is 13.1. The van der Waals surface area contributed by atoms with E-state index in [2.05, 4.69) is 20.5 Å². The molecule has 0 unspecified atom stereocenters. The minimum absolute atomic E-state index is 0.132. The lowest BCUT2D eigenvalue weighted by molar-refractivity contribution is -0.113. The Hall–Kier alpha value is -3.53. The zero-order valence-corrected chi connectivity index (χ0v) is 21.2. The van der Waals surface area contributed by atoms with Crippen molar-refractivity contribution in [2.45, 2.75) is 11.6 Å². The molecule has 2 heterocycles. The molecule has 0 saturated carbocycles. The van der Waals surface area contributed by atoms with Crippen LogP contribution in [0.4, 0.5) is 9.52 Å². The van der Waals surface area contributed by atoms with Gasteiger partial charge in [0, 0.05) is 33.8 Å². The van der Waals surface area contributed by atoms with Crippen LogP contribution in [0, 0.1) is 5.82 Å². The molecule has 0 atom stereocenters. The van der Waals surface area contributed by atoms with E-state index in [1.165, 1.54) is 35.2 Å². The van der Waals surface area contributed by atoms with E-state index in [1.54, 1.807) is 30.5 Å². The first kappa shape index (κ1) is 24.2. The summed E-state index contributed by atoms with van der Waals surface area (Å²) in [4.78, 5) is 17.9. The zero-order valence-electron chi connectivity index (χ0n) is 18.8. The van der Waals surface area contributed by atoms with Crippen molar-refractivity contribution in [1.82, 2.24) is 19.7 Å². The molecule has 0 saturated heterocycles. The molecule has 0 aliphatic carbocycles. The third-order valence-corrected chi connectivity index (χ3v) is 7.27. The summed E-state index contributed by atoms with van der Waals surface area (Å²) in [5, 5.41) is 13.3. The lowest BCUT2D eigenvalue weighted by atomic mass is 10.1. The smallest absolute Gasteiger partial charge is 0.236 e. The van der Waals surface area contributed by atoms with Crippen molar-refractivity contribution in [3.05, 3.63) is 106 Å². The third-order valence-electron chi connectivity index (χ3n) is 5.17. The maximum absolute atomic E-state index is 13.1. The molecule has 5 rings (SSSR count). The van der Waals surface area contributed by atoms with Crippen molar-refractivity contribution < 1.29 is 9.18 Å². The van der Waals surface area contributed by atoms with Gasteiger partial charge >= 0.3 is 0 Å². The lowest BCUT2D eigenvalue weighted by Gasteiger charge is -2.10. The largest absolute Gasteiger partial charge is 0.301 e. The standard InChI is InChI=1S/C26H19ClFN5OS2/c27-19-8-12-21(13-9-19)33-24(18-4-2-1-3-5-18)31-32-26(33)35-16-23(34)30-25-29-15-22(36-25)14-17-6-10-20(28)11-7-17/h1-13,15H,14,16H2,(H,29,30,34). The number of benzene rings is 3. The minimum Gasteiger partial charge on any atom is -0.301 e. The van der Waals surface area contributed by atoms with Gasteiger partial charge in [-0.2, -0.15) is 0 Å². The second kappa shape index (κ2) is 11.0. The minimum atomic E-state index is -0.267. The first-order valence-corrected chi connectivity index (χ1v) is 13.1. The molecule has 0 aliphatic rings. The van der Waals surface area contributed by atoms with E-state index in [0.29, 0.717) is 27.6 Å². The van der Waals surface area contributed by atoms with Gasteiger partial charge < -0.3 is 5.32 Å². The number of thioether (sulfide) groups is 1. The third kappa shape index (κ3) is 5.81. The van der Waals surface area contributed by atoms with Gasteiger partial charge in [0.2, 0.25) is 5.91 Å². The molecule has 0 spiro atoms. The SMILES string of the molecule is O=C(CSc1nnc(-c2ccccc2)n1-c1ccc(Cl)cc1)Nc1ncc(Cc2ccc(F)cc2)s1. The first-order valence-electron chi connectivity index (χ1n) is 10.9. The van der Waals surface area contributed by atoms with Crippen LogP contribution >= 0.6 is 34.7 Å². The van der Waals surface area contributed by atoms with Crippen molar-refractivity contribution in [2.24, 2.45) is 0 Å². The Morgan fingerprint density at radius 1 is 1.00 bits per heavy atom. The van der Waals surface area contributed by atoms with E-state index in [9.17, 15) is 9.18 Å². The molecule has 5 aromatic rings. The fourth-order valence-corrected chi connectivity index (χ4v) is 5.24. The highest BCUT2D eigenvalue weighted by Crippen LogP contribution is 2.29. The van der Waals surface area contributed by atoms with Crippen LogP contribution in [0.3, 0.4) is 0 Å². The van der Waals surface area contributed by atoms with Crippen molar-refractivity contribution in [3.8, 4) is 17.1 Å². The number of nitrogens with zero attached hydrogens (tertiary/aromatic N) is 4. The summed E-state index contributed by atoms with van der Waals surface area (Å²) in [6.07, 6.45) is 2.34. The molecule has 0 aliphatic heterocycles. The highest BCUT2D eigenvalue weighted by molar-refractivity contribution is 7.99. The fraction of sp³-hybridized carbons (Fsp3) is 0.0769. The molecule has 0 bridgehead atoms. The lowest BCUT2D eigenvalue weighted by Crippen LogP contribution is -2.14. The summed E-state index contributed by atoms with van der Waals surface area (Å²) in [7, 11) is 0. The summed E-state index contributed by atoms with van der Waals surface area (Å²) in [5.74, 6) is 0.338. The number of thiazole rings is 1. The zero-order chi connectivity index (χ0) is 24.9. The highest BCUT2D eigenvalue weighted by atomic mass is 35.5. The summed E-state index contributed by atoms with van der Waals surface area (Å²) in [6, 6.07) is 23.5. The summed E-state index contributed by atoms with van der Waals surface area (Å²) in [5.41, 5.74) is 2.73. The Kier molecular flexibility index (Phi) is 7.41. The maximum Gasteiger partial charge on any atom is 0.236 e. The molecule has 10 heteroatoms. The molecule has 0 radical (unpaired) electrons. The number of hydrogen-bond donors (Lipinski definition) is 1. The number of halogens is 2. The number of carbonyl (C=O) groups excluding carboxylic acids is 1. The van der Waals surface area contributed by atoms with Gasteiger partial charge in [0.05, 0.1) is 5.75 Å². The number of aromatic nitrogens is 4. The Labute approximate surface area is 220 Å². The van der Waals surface area contributed by atoms with Crippen molar-refractivity contribution in [2.75, 3.05) is 11.1 Å². The average molecular weight is 536 g/mol. The van der Waals surface area contributed by atoms with E-state index in [1.807, 2.05) is 47.0 Å². The number of nitrogens with one attached hydrogen (secondary N) is 1. The Morgan fingerprint density at radius 3 is 2.50 bits per heavy atom. The molecule has 3 aromatic carbocycles. The molecule has 6 nitrogen and oxygen atoms in total. The van der Waals surface area contributed by atoms with Crippen LogP contribution in [0.2, 0.25) is 5.02 Å². The molecular formula is C26H19ClFN5OS2. The predicted octanol–water partition coefficient (Wildman–Crippen LogP) is 6.50. The molecule has 0 fully saturated rings. The van der Waals surface area contributed by atoms with E-state index in [-0.39, 0.29) is 17.5 Å². The van der Waals surface area contributed by atoms with Crippen LogP contribution in [0.15, 0.2) is 90.2 Å². The second-order valence-corrected chi connectivity index (χ2v) is 10.2. The summed E-state index contributed by atoms with van der Waals surface area (Å²) in [6.45, 7) is 0. The van der Waals surface area contributed by atoms with Crippen molar-refractivity contribution >= 4 is 45.7 Å². The topological polar surface area (TPSA) is 72.7 Å². The number of carbonyl (C=O) groups is 1. The number of rotatable bonds is 8. The van der Waals surface area contributed by atoms with Gasteiger partial charge in [-0.1, -0.05) is 65.8 Å². The van der Waals surface area contributed by atoms with Gasteiger partial charge in [-0.3, -0.25) is 9.36 Å². The average Bonchev–Trinajstić information content (AvgIpc) is 3.52. The predicted molar refractivity (Wildman–Crippen MR) is 142 cm³/mol. The van der Waals surface area contributed by atoms with E-state index in [0.717, 1.165) is 21.7 Å². The van der Waals surface area contributed by atoms with Crippen molar-refractivity contribution in [1.29, 1.82) is 0 Å². The van der Waals surface area contributed by atoms with Crippen LogP contribution in [-0.2, 0) is 11.2 Å². The molecule has 1 amide bonds. The Bertz CT molecular complexity index is 1470. The quantitative estimate of drug-likeness (QED) is 0.229. The molecule has 2 aromatic heterocycles. The van der Waals surface area contributed by atoms with Gasteiger partial charge in [0.1, 0.15) is 5.82 Å². The van der Waals surface area contributed by atoms with Crippen LogP contribution in [0.5, 0.6) is 0 Å². The fourth-order valence-electron chi connectivity index (χ4n) is 3.50. The normalized spacial score (nSPS) is 10.9. The monoisotopic (exact) mass is 535 g/mol. The molecule has 1 N–H and O–H groups in total. The molecule has 36 heavy (non-hydrogen) atoms. The Balaban J connectivity index is 1.28. The second-order valence-electron chi connectivity index (χ2n) is 7.76. The highest BCUT2D eigenvalue weighted by Gasteiger charge is 2.18. The van der Waals surface area contributed by atoms with Crippen LogP contribution < -0.4 is 5.32 Å². The number of hydrogen-bond acceptors (Lipinski definition) is 6. The summed E-state index contributed by atoms with van der Waals surface area (Å²) >= 11 is 8.76. The number of amides is 1. The number of anilines is 1. The van der Waals surface area contributed by atoms with Gasteiger partial charge in [-0.25, -0.2) is 9.37 Å². The van der Waals surface area contributed by atoms with Gasteiger partial charge in [-0.15, -0.1) is 21.5 Å². The summed E-state index contributed by atoms with van der Waals surface area (Å²) < 4.78 is 15.0. The Morgan fingerprint density at radius 2 is 1.75 bits per heavy atom. The van der Waals surface area contributed by atoms with Crippen LogP contribution in [-0.4, -0.2) is 31.4 Å². The molecular weight excluding hydrogens is 517 g/mol. The van der Waals surface area contributed by atoms with E-state index >= 15 is 0 Å². The van der Waals surface area contributed by atoms with Crippen molar-refractivity contribution in [3.63, 3.8) is 0 Å². The van der Waals surface area contributed by atoms with Crippen LogP contribution in [0.1, 0.15) is 10.4 Å². The van der Waals surface area contributed by atoms with Crippen LogP contribution in [0.25, 0.3) is 17.1 Å².